The van der Waals surface area contributed by atoms with Crippen LogP contribution in [0.1, 0.15) is 63.0 Å². The summed E-state index contributed by atoms with van der Waals surface area (Å²) in [6.45, 7) is 4.32. The molecule has 1 aromatic rings. The van der Waals surface area contributed by atoms with Gasteiger partial charge in [0.05, 0.1) is 0 Å². The Morgan fingerprint density at radius 2 is 2.22 bits per heavy atom. The standard InChI is InChI=1S/C17H24O/c1-13(2)7-3-4-8-14-9-5-11-16-15(14)10-6-12-17(16)18/h6-7,10,12,14,18H,3-5,8-9,11H2,1-2H3. The number of unbranched alkanes of at least 4 members (excludes halogenated alkanes) is 1. The van der Waals surface area contributed by atoms with Crippen molar-refractivity contribution >= 4 is 0 Å². The SMILES string of the molecule is CC(C)=CCCCC1CCCc2c(O)cccc21. The van der Waals surface area contributed by atoms with Crippen LogP contribution in [0.15, 0.2) is 29.8 Å². The highest BCUT2D eigenvalue weighted by Gasteiger charge is 2.21. The number of hydrogen-bond acceptors (Lipinski definition) is 1. The Morgan fingerprint density at radius 3 is 3.00 bits per heavy atom. The number of fused-ring (bicyclic) bond motifs is 1. The molecule has 0 bridgehead atoms. The van der Waals surface area contributed by atoms with E-state index in [1.807, 2.05) is 12.1 Å². The first-order valence-corrected chi connectivity index (χ1v) is 7.12. The summed E-state index contributed by atoms with van der Waals surface area (Å²) in [5.41, 5.74) is 4.02. The molecule has 0 saturated carbocycles. The van der Waals surface area contributed by atoms with Crippen LogP contribution < -0.4 is 0 Å². The molecular weight excluding hydrogens is 220 g/mol. The topological polar surface area (TPSA) is 20.2 Å². The van der Waals surface area contributed by atoms with Crippen LogP contribution in [0, 0.1) is 0 Å². The van der Waals surface area contributed by atoms with Crippen LogP contribution in [-0.4, -0.2) is 5.11 Å². The van der Waals surface area contributed by atoms with Gasteiger partial charge in [-0.2, -0.15) is 0 Å². The maximum absolute atomic E-state index is 9.91. The van der Waals surface area contributed by atoms with Gasteiger partial charge in [0.2, 0.25) is 0 Å². The highest BCUT2D eigenvalue weighted by molar-refractivity contribution is 5.42. The van der Waals surface area contributed by atoms with Gasteiger partial charge in [0.1, 0.15) is 5.75 Å². The molecule has 0 aromatic heterocycles. The Hall–Kier alpha value is -1.24. The zero-order chi connectivity index (χ0) is 13.0. The fraction of sp³-hybridized carbons (Fsp3) is 0.529. The lowest BCUT2D eigenvalue weighted by Gasteiger charge is -2.26. The van der Waals surface area contributed by atoms with E-state index in [1.165, 1.54) is 48.8 Å². The molecule has 0 fully saturated rings. The number of hydrogen-bond donors (Lipinski definition) is 1. The van der Waals surface area contributed by atoms with Gasteiger partial charge in [-0.15, -0.1) is 0 Å². The van der Waals surface area contributed by atoms with E-state index in [1.54, 1.807) is 0 Å². The summed E-state index contributed by atoms with van der Waals surface area (Å²) in [6, 6.07) is 6.02. The molecule has 1 aliphatic rings. The van der Waals surface area contributed by atoms with Crippen molar-refractivity contribution in [1.29, 1.82) is 0 Å². The Balaban J connectivity index is 2.00. The predicted molar refractivity (Wildman–Crippen MR) is 77.1 cm³/mol. The molecule has 0 aliphatic heterocycles. The summed E-state index contributed by atoms with van der Waals surface area (Å²) in [5.74, 6) is 1.16. The lowest BCUT2D eigenvalue weighted by molar-refractivity contribution is 0.447. The van der Waals surface area contributed by atoms with Crippen molar-refractivity contribution in [3.8, 4) is 5.75 Å². The third kappa shape index (κ3) is 3.16. The van der Waals surface area contributed by atoms with E-state index in [9.17, 15) is 5.11 Å². The third-order valence-corrected chi connectivity index (χ3v) is 3.92. The minimum Gasteiger partial charge on any atom is -0.508 e. The van der Waals surface area contributed by atoms with Gasteiger partial charge in [-0.1, -0.05) is 23.8 Å². The summed E-state index contributed by atoms with van der Waals surface area (Å²) in [5, 5.41) is 9.91. The van der Waals surface area contributed by atoms with Crippen LogP contribution >= 0.6 is 0 Å². The lowest BCUT2D eigenvalue weighted by Crippen LogP contribution is -2.09. The Kier molecular flexibility index (Phi) is 4.46. The minimum atomic E-state index is 0.501. The Bertz CT molecular complexity index is 427. The molecule has 98 valence electrons. The van der Waals surface area contributed by atoms with Gasteiger partial charge in [0, 0.05) is 0 Å². The summed E-state index contributed by atoms with van der Waals surface area (Å²) in [7, 11) is 0. The number of phenols is 1. The first-order chi connectivity index (χ1) is 8.68. The first-order valence-electron chi connectivity index (χ1n) is 7.12. The first kappa shape index (κ1) is 13.2. The quantitative estimate of drug-likeness (QED) is 0.587. The summed E-state index contributed by atoms with van der Waals surface area (Å²) < 4.78 is 0. The molecule has 18 heavy (non-hydrogen) atoms. The zero-order valence-electron chi connectivity index (χ0n) is 11.6. The molecule has 1 heteroatoms. The minimum absolute atomic E-state index is 0.501. The molecule has 1 aliphatic carbocycles. The van der Waals surface area contributed by atoms with Gasteiger partial charge in [0.25, 0.3) is 0 Å². The van der Waals surface area contributed by atoms with Gasteiger partial charge in [0.15, 0.2) is 0 Å². The fourth-order valence-corrected chi connectivity index (χ4v) is 2.98. The van der Waals surface area contributed by atoms with E-state index >= 15 is 0 Å². The molecule has 1 aromatic carbocycles. The molecule has 1 atom stereocenters. The van der Waals surface area contributed by atoms with Crippen molar-refractivity contribution in [2.24, 2.45) is 0 Å². The van der Waals surface area contributed by atoms with E-state index in [0.29, 0.717) is 11.7 Å². The molecule has 0 radical (unpaired) electrons. The van der Waals surface area contributed by atoms with E-state index in [2.05, 4.69) is 26.0 Å². The Morgan fingerprint density at radius 1 is 1.39 bits per heavy atom. The lowest BCUT2D eigenvalue weighted by atomic mass is 9.80. The van der Waals surface area contributed by atoms with Gasteiger partial charge in [-0.05, 0) is 75.5 Å². The van der Waals surface area contributed by atoms with Gasteiger partial charge >= 0.3 is 0 Å². The van der Waals surface area contributed by atoms with Crippen LogP contribution in [0.3, 0.4) is 0 Å². The highest BCUT2D eigenvalue weighted by atomic mass is 16.3. The van der Waals surface area contributed by atoms with Crippen LogP contribution in [0.25, 0.3) is 0 Å². The molecule has 0 heterocycles. The fourth-order valence-electron chi connectivity index (χ4n) is 2.98. The second kappa shape index (κ2) is 6.08. The number of phenolic OH excluding ortho intramolecular Hbond substituents is 1. The maximum Gasteiger partial charge on any atom is 0.119 e. The van der Waals surface area contributed by atoms with Crippen LogP contribution in [0.4, 0.5) is 0 Å². The molecule has 1 nitrogen and oxygen atoms in total. The van der Waals surface area contributed by atoms with Crippen LogP contribution in [0.5, 0.6) is 5.75 Å². The smallest absolute Gasteiger partial charge is 0.119 e. The molecular formula is C17H24O. The predicted octanol–water partition coefficient (Wildman–Crippen LogP) is 4.95. The molecule has 0 saturated heterocycles. The van der Waals surface area contributed by atoms with E-state index in [0.717, 1.165) is 6.42 Å². The van der Waals surface area contributed by atoms with Crippen molar-refractivity contribution in [1.82, 2.24) is 0 Å². The van der Waals surface area contributed by atoms with Gasteiger partial charge < -0.3 is 5.11 Å². The summed E-state index contributed by atoms with van der Waals surface area (Å²) in [4.78, 5) is 0. The van der Waals surface area contributed by atoms with Crippen molar-refractivity contribution in [3.63, 3.8) is 0 Å². The monoisotopic (exact) mass is 244 g/mol. The number of benzene rings is 1. The molecule has 2 rings (SSSR count). The number of rotatable bonds is 4. The summed E-state index contributed by atoms with van der Waals surface area (Å²) in [6.07, 6.45) is 9.57. The highest BCUT2D eigenvalue weighted by Crippen LogP contribution is 2.38. The van der Waals surface area contributed by atoms with E-state index in [-0.39, 0.29) is 0 Å². The van der Waals surface area contributed by atoms with Gasteiger partial charge in [-0.25, -0.2) is 0 Å². The third-order valence-electron chi connectivity index (χ3n) is 3.92. The van der Waals surface area contributed by atoms with Crippen LogP contribution in [0.2, 0.25) is 0 Å². The largest absolute Gasteiger partial charge is 0.508 e. The van der Waals surface area contributed by atoms with Gasteiger partial charge in [-0.3, -0.25) is 0 Å². The zero-order valence-corrected chi connectivity index (χ0v) is 11.6. The Labute approximate surface area is 111 Å². The second-order valence-electron chi connectivity index (χ2n) is 5.65. The van der Waals surface area contributed by atoms with Crippen molar-refractivity contribution < 1.29 is 5.11 Å². The van der Waals surface area contributed by atoms with Crippen molar-refractivity contribution in [3.05, 3.63) is 41.0 Å². The van der Waals surface area contributed by atoms with Crippen LogP contribution in [-0.2, 0) is 6.42 Å². The van der Waals surface area contributed by atoms with Crippen molar-refractivity contribution in [2.75, 3.05) is 0 Å². The van der Waals surface area contributed by atoms with E-state index < -0.39 is 0 Å². The van der Waals surface area contributed by atoms with E-state index in [4.69, 9.17) is 0 Å². The molecule has 0 spiro atoms. The number of aromatic hydroxyl groups is 1. The normalized spacial score (nSPS) is 18.2. The summed E-state index contributed by atoms with van der Waals surface area (Å²) >= 11 is 0. The van der Waals surface area contributed by atoms with Crippen molar-refractivity contribution in [2.45, 2.75) is 58.3 Å². The molecule has 1 N–H and O–H groups in total. The number of allylic oxidation sites excluding steroid dienone is 2. The second-order valence-corrected chi connectivity index (χ2v) is 5.65. The molecule has 0 amide bonds. The average molecular weight is 244 g/mol. The maximum atomic E-state index is 9.91. The molecule has 1 unspecified atom stereocenters. The average Bonchev–Trinajstić information content (AvgIpc) is 2.35.